The lowest BCUT2D eigenvalue weighted by Gasteiger charge is -2.12. The van der Waals surface area contributed by atoms with Crippen LogP contribution in [-0.4, -0.2) is 12.4 Å². The van der Waals surface area contributed by atoms with Crippen molar-refractivity contribution in [2.75, 3.05) is 12.4 Å². The van der Waals surface area contributed by atoms with Crippen LogP contribution in [0.15, 0.2) is 48.5 Å². The van der Waals surface area contributed by atoms with Gasteiger partial charge in [0, 0.05) is 22.6 Å². The van der Waals surface area contributed by atoms with Crippen molar-refractivity contribution < 1.29 is 4.74 Å². The standard InChI is InChI=1S/C17H20ClNOS/c1-2-20-16-9-5-14(6-10-16)17(19)12-21-11-13-3-7-15(18)8-4-13/h3-10,17H,2,11-12,19H2,1H3. The van der Waals surface area contributed by atoms with Crippen LogP contribution in [0.4, 0.5) is 0 Å². The maximum atomic E-state index is 6.22. The van der Waals surface area contributed by atoms with Crippen LogP contribution in [0.3, 0.4) is 0 Å². The molecule has 2 aromatic rings. The molecule has 4 heteroatoms. The highest BCUT2D eigenvalue weighted by atomic mass is 35.5. The van der Waals surface area contributed by atoms with E-state index in [1.165, 1.54) is 5.56 Å². The van der Waals surface area contributed by atoms with Crippen molar-refractivity contribution in [2.45, 2.75) is 18.7 Å². The van der Waals surface area contributed by atoms with Gasteiger partial charge in [0.15, 0.2) is 0 Å². The molecule has 0 aliphatic rings. The quantitative estimate of drug-likeness (QED) is 0.804. The van der Waals surface area contributed by atoms with Gasteiger partial charge in [-0.05, 0) is 42.3 Å². The number of benzene rings is 2. The zero-order valence-corrected chi connectivity index (χ0v) is 13.7. The molecule has 21 heavy (non-hydrogen) atoms. The number of rotatable bonds is 7. The molecule has 0 fully saturated rings. The second kappa shape index (κ2) is 8.32. The molecule has 2 nitrogen and oxygen atoms in total. The van der Waals surface area contributed by atoms with E-state index >= 15 is 0 Å². The highest BCUT2D eigenvalue weighted by molar-refractivity contribution is 7.98. The molecule has 0 bridgehead atoms. The van der Waals surface area contributed by atoms with Gasteiger partial charge in [-0.1, -0.05) is 35.9 Å². The van der Waals surface area contributed by atoms with Crippen LogP contribution < -0.4 is 10.5 Å². The van der Waals surface area contributed by atoms with E-state index in [-0.39, 0.29) is 6.04 Å². The molecule has 2 aromatic carbocycles. The summed E-state index contributed by atoms with van der Waals surface area (Å²) in [5.74, 6) is 2.72. The molecule has 0 aromatic heterocycles. The lowest BCUT2D eigenvalue weighted by molar-refractivity contribution is 0.340. The molecule has 0 aliphatic carbocycles. The molecule has 0 radical (unpaired) electrons. The molecule has 1 atom stereocenters. The van der Waals surface area contributed by atoms with E-state index < -0.39 is 0 Å². The summed E-state index contributed by atoms with van der Waals surface area (Å²) >= 11 is 7.70. The zero-order valence-electron chi connectivity index (χ0n) is 12.1. The third-order valence-corrected chi connectivity index (χ3v) is 4.48. The van der Waals surface area contributed by atoms with Gasteiger partial charge >= 0.3 is 0 Å². The van der Waals surface area contributed by atoms with Crippen LogP contribution in [0.5, 0.6) is 5.75 Å². The lowest BCUT2D eigenvalue weighted by atomic mass is 10.1. The molecule has 2 rings (SSSR count). The fourth-order valence-corrected chi connectivity index (χ4v) is 3.08. The summed E-state index contributed by atoms with van der Waals surface area (Å²) in [7, 11) is 0. The predicted octanol–water partition coefficient (Wildman–Crippen LogP) is 4.67. The van der Waals surface area contributed by atoms with E-state index in [2.05, 4.69) is 12.1 Å². The number of hydrogen-bond acceptors (Lipinski definition) is 3. The van der Waals surface area contributed by atoms with E-state index in [0.717, 1.165) is 27.8 Å². The number of hydrogen-bond donors (Lipinski definition) is 1. The number of halogens is 1. The Morgan fingerprint density at radius 1 is 1.10 bits per heavy atom. The topological polar surface area (TPSA) is 35.2 Å². The Hall–Kier alpha value is -1.16. The molecular weight excluding hydrogens is 302 g/mol. The Balaban J connectivity index is 1.81. The van der Waals surface area contributed by atoms with Gasteiger partial charge in [0.2, 0.25) is 0 Å². The third kappa shape index (κ3) is 5.27. The van der Waals surface area contributed by atoms with Crippen molar-refractivity contribution in [1.29, 1.82) is 0 Å². The summed E-state index contributed by atoms with van der Waals surface area (Å²) < 4.78 is 5.43. The maximum Gasteiger partial charge on any atom is 0.119 e. The Morgan fingerprint density at radius 2 is 1.76 bits per heavy atom. The number of thioether (sulfide) groups is 1. The van der Waals surface area contributed by atoms with Gasteiger partial charge in [0.05, 0.1) is 6.61 Å². The summed E-state index contributed by atoms with van der Waals surface area (Å²) in [6.07, 6.45) is 0. The van der Waals surface area contributed by atoms with Gasteiger partial charge in [-0.3, -0.25) is 0 Å². The van der Waals surface area contributed by atoms with Crippen molar-refractivity contribution in [3.8, 4) is 5.75 Å². The Bertz CT molecular complexity index is 542. The van der Waals surface area contributed by atoms with Crippen LogP contribution in [0, 0.1) is 0 Å². The summed E-state index contributed by atoms with van der Waals surface area (Å²) in [6.45, 7) is 2.66. The molecular formula is C17H20ClNOS. The minimum Gasteiger partial charge on any atom is -0.494 e. The molecule has 0 saturated heterocycles. The van der Waals surface area contributed by atoms with Crippen LogP contribution >= 0.6 is 23.4 Å². The van der Waals surface area contributed by atoms with Gasteiger partial charge in [-0.15, -0.1) is 0 Å². The first-order chi connectivity index (χ1) is 10.2. The van der Waals surface area contributed by atoms with E-state index in [0.29, 0.717) is 6.61 Å². The van der Waals surface area contributed by atoms with Gasteiger partial charge in [-0.2, -0.15) is 11.8 Å². The first-order valence-corrected chi connectivity index (χ1v) is 8.53. The van der Waals surface area contributed by atoms with Gasteiger partial charge in [0.1, 0.15) is 5.75 Å². The molecule has 1 unspecified atom stereocenters. The minimum absolute atomic E-state index is 0.0398. The first kappa shape index (κ1) is 16.2. The Labute approximate surface area is 135 Å². The fourth-order valence-electron chi connectivity index (χ4n) is 1.96. The maximum absolute atomic E-state index is 6.22. The molecule has 0 saturated carbocycles. The average molecular weight is 322 g/mol. The smallest absolute Gasteiger partial charge is 0.119 e. The zero-order chi connectivity index (χ0) is 15.1. The van der Waals surface area contributed by atoms with E-state index in [1.807, 2.05) is 55.1 Å². The molecule has 0 amide bonds. The minimum atomic E-state index is 0.0398. The van der Waals surface area contributed by atoms with Gasteiger partial charge in [0.25, 0.3) is 0 Å². The third-order valence-electron chi connectivity index (χ3n) is 3.10. The van der Waals surface area contributed by atoms with Crippen molar-refractivity contribution in [3.63, 3.8) is 0 Å². The van der Waals surface area contributed by atoms with Crippen molar-refractivity contribution in [2.24, 2.45) is 5.73 Å². The van der Waals surface area contributed by atoms with Crippen molar-refractivity contribution >= 4 is 23.4 Å². The van der Waals surface area contributed by atoms with Crippen LogP contribution in [0.25, 0.3) is 0 Å². The lowest BCUT2D eigenvalue weighted by Crippen LogP contribution is -2.13. The largest absolute Gasteiger partial charge is 0.494 e. The van der Waals surface area contributed by atoms with E-state index in [4.69, 9.17) is 22.1 Å². The normalized spacial score (nSPS) is 12.1. The molecule has 112 valence electrons. The number of nitrogens with two attached hydrogens (primary N) is 1. The Kier molecular flexibility index (Phi) is 6.43. The second-order valence-corrected chi connectivity index (χ2v) is 6.22. The van der Waals surface area contributed by atoms with Crippen LogP contribution in [0.1, 0.15) is 24.1 Å². The van der Waals surface area contributed by atoms with E-state index in [1.54, 1.807) is 0 Å². The monoisotopic (exact) mass is 321 g/mol. The Morgan fingerprint density at radius 3 is 2.38 bits per heavy atom. The van der Waals surface area contributed by atoms with Crippen molar-refractivity contribution in [3.05, 3.63) is 64.7 Å². The number of ether oxygens (including phenoxy) is 1. The second-order valence-electron chi connectivity index (χ2n) is 4.75. The average Bonchev–Trinajstić information content (AvgIpc) is 2.50. The summed E-state index contributed by atoms with van der Waals surface area (Å²) in [5.41, 5.74) is 8.63. The van der Waals surface area contributed by atoms with Gasteiger partial charge < -0.3 is 10.5 Å². The molecule has 0 aliphatic heterocycles. The van der Waals surface area contributed by atoms with Crippen molar-refractivity contribution in [1.82, 2.24) is 0 Å². The van der Waals surface area contributed by atoms with Crippen LogP contribution in [-0.2, 0) is 5.75 Å². The highest BCUT2D eigenvalue weighted by Gasteiger charge is 2.06. The predicted molar refractivity (Wildman–Crippen MR) is 92.2 cm³/mol. The van der Waals surface area contributed by atoms with Crippen LogP contribution in [0.2, 0.25) is 5.02 Å². The van der Waals surface area contributed by atoms with Gasteiger partial charge in [-0.25, -0.2) is 0 Å². The summed E-state index contributed by atoms with van der Waals surface area (Å²) in [6, 6.07) is 16.0. The SMILES string of the molecule is CCOc1ccc(C(N)CSCc2ccc(Cl)cc2)cc1. The fraction of sp³-hybridized carbons (Fsp3) is 0.294. The molecule has 0 heterocycles. The first-order valence-electron chi connectivity index (χ1n) is 6.99. The summed E-state index contributed by atoms with van der Waals surface area (Å²) in [4.78, 5) is 0. The molecule has 2 N–H and O–H groups in total. The summed E-state index contributed by atoms with van der Waals surface area (Å²) in [5, 5.41) is 0.773. The molecule has 0 spiro atoms. The van der Waals surface area contributed by atoms with E-state index in [9.17, 15) is 0 Å². The highest BCUT2D eigenvalue weighted by Crippen LogP contribution is 2.22.